The maximum Gasteiger partial charge on any atom is 0.252 e. The third-order valence-corrected chi connectivity index (χ3v) is 5.36. The van der Waals surface area contributed by atoms with Crippen molar-refractivity contribution in [2.75, 3.05) is 5.32 Å². The number of nitrogens with one attached hydrogen (secondary N) is 2. The van der Waals surface area contributed by atoms with Crippen LogP contribution >= 0.6 is 0 Å². The first-order chi connectivity index (χ1) is 13.8. The number of nitrogens with zero attached hydrogens (tertiary/aromatic N) is 5. The van der Waals surface area contributed by atoms with Gasteiger partial charge in [0.15, 0.2) is 5.65 Å². The molecule has 0 spiro atoms. The summed E-state index contributed by atoms with van der Waals surface area (Å²) in [6, 6.07) is 3.86. The highest BCUT2D eigenvalue weighted by Gasteiger charge is 2.45. The number of aromatic amines is 1. The smallest absolute Gasteiger partial charge is 0.252 e. The highest BCUT2D eigenvalue weighted by molar-refractivity contribution is 5.93. The van der Waals surface area contributed by atoms with E-state index in [0.717, 1.165) is 33.6 Å². The molecular weight excluding hydrogens is 376 g/mol. The average molecular weight is 397 g/mol. The largest absolute Gasteiger partial charge is 0.351 e. The third kappa shape index (κ3) is 3.01. The second-order valence-electron chi connectivity index (χ2n) is 7.93. The molecule has 0 bridgehead atoms. The van der Waals surface area contributed by atoms with Gasteiger partial charge in [0.1, 0.15) is 17.0 Å². The van der Waals surface area contributed by atoms with E-state index in [0.29, 0.717) is 11.6 Å². The first-order valence-corrected chi connectivity index (χ1v) is 9.65. The second-order valence-corrected chi connectivity index (χ2v) is 7.93. The number of alkyl halides is 2. The van der Waals surface area contributed by atoms with Gasteiger partial charge in [0.25, 0.3) is 5.92 Å². The Bertz CT molecular complexity index is 1220. The van der Waals surface area contributed by atoms with Gasteiger partial charge < -0.3 is 14.9 Å². The van der Waals surface area contributed by atoms with Crippen molar-refractivity contribution in [3.05, 3.63) is 30.4 Å². The van der Waals surface area contributed by atoms with Gasteiger partial charge >= 0.3 is 0 Å². The molecular formula is C20H21F2N7. The van der Waals surface area contributed by atoms with Crippen molar-refractivity contribution in [2.45, 2.75) is 51.6 Å². The van der Waals surface area contributed by atoms with Crippen molar-refractivity contribution in [3.63, 3.8) is 0 Å². The number of rotatable bonds is 4. The Kier molecular flexibility index (Phi) is 3.84. The van der Waals surface area contributed by atoms with E-state index >= 15 is 0 Å². The van der Waals surface area contributed by atoms with Crippen molar-refractivity contribution >= 4 is 28.1 Å². The van der Waals surface area contributed by atoms with Gasteiger partial charge in [-0.2, -0.15) is 4.98 Å². The molecule has 150 valence electrons. The number of imidazole rings is 1. The van der Waals surface area contributed by atoms with Crippen LogP contribution in [0.2, 0.25) is 0 Å². The fourth-order valence-corrected chi connectivity index (χ4v) is 3.99. The summed E-state index contributed by atoms with van der Waals surface area (Å²) >= 11 is 0. The van der Waals surface area contributed by atoms with E-state index in [2.05, 4.69) is 43.7 Å². The minimum atomic E-state index is -2.58. The van der Waals surface area contributed by atoms with Gasteiger partial charge in [-0.15, -0.1) is 0 Å². The van der Waals surface area contributed by atoms with E-state index in [4.69, 9.17) is 4.98 Å². The molecule has 4 aromatic heterocycles. The number of pyridine rings is 1. The minimum Gasteiger partial charge on any atom is -0.351 e. The minimum absolute atomic E-state index is 0.183. The van der Waals surface area contributed by atoms with Crippen LogP contribution in [0, 0.1) is 6.92 Å². The SMILES string of the molecule is Cc1nc2ccc(-c3c[nH]c4nc(NC5CC(F)(F)C5)ncc34)nc2n1C(C)C. The van der Waals surface area contributed by atoms with Crippen LogP contribution in [0.25, 0.3) is 33.5 Å². The Hall–Kier alpha value is -3.10. The van der Waals surface area contributed by atoms with E-state index in [1.54, 1.807) is 6.20 Å². The molecule has 0 radical (unpaired) electrons. The summed E-state index contributed by atoms with van der Waals surface area (Å²) in [5.41, 5.74) is 4.03. The van der Waals surface area contributed by atoms with Gasteiger partial charge in [0.05, 0.1) is 5.69 Å². The highest BCUT2D eigenvalue weighted by atomic mass is 19.3. The number of halogens is 2. The van der Waals surface area contributed by atoms with Crippen molar-refractivity contribution in [1.29, 1.82) is 0 Å². The fraction of sp³-hybridized carbons (Fsp3) is 0.400. The summed E-state index contributed by atoms with van der Waals surface area (Å²) < 4.78 is 28.2. The molecule has 4 heterocycles. The predicted octanol–water partition coefficient (Wildman–Crippen LogP) is 4.47. The third-order valence-electron chi connectivity index (χ3n) is 5.36. The number of hydrogen-bond donors (Lipinski definition) is 2. The summed E-state index contributed by atoms with van der Waals surface area (Å²) in [7, 11) is 0. The summed E-state index contributed by atoms with van der Waals surface area (Å²) in [5.74, 6) is -1.30. The van der Waals surface area contributed by atoms with Gasteiger partial charge in [0, 0.05) is 48.3 Å². The van der Waals surface area contributed by atoms with E-state index < -0.39 is 5.92 Å². The second kappa shape index (κ2) is 6.20. The molecule has 0 unspecified atom stereocenters. The lowest BCUT2D eigenvalue weighted by atomic mass is 9.88. The van der Waals surface area contributed by atoms with E-state index in [1.165, 1.54) is 0 Å². The number of aryl methyl sites for hydroxylation is 1. The molecule has 5 rings (SSSR count). The highest BCUT2D eigenvalue weighted by Crippen LogP contribution is 2.38. The number of anilines is 1. The lowest BCUT2D eigenvalue weighted by molar-refractivity contribution is -0.0794. The van der Waals surface area contributed by atoms with Gasteiger partial charge in [0.2, 0.25) is 5.95 Å². The molecule has 7 nitrogen and oxygen atoms in total. The molecule has 1 saturated carbocycles. The zero-order valence-corrected chi connectivity index (χ0v) is 16.4. The predicted molar refractivity (Wildman–Crippen MR) is 107 cm³/mol. The molecule has 0 aromatic carbocycles. The molecule has 0 aliphatic heterocycles. The number of fused-ring (bicyclic) bond motifs is 2. The van der Waals surface area contributed by atoms with Crippen LogP contribution in [0.3, 0.4) is 0 Å². The van der Waals surface area contributed by atoms with Crippen molar-refractivity contribution in [2.24, 2.45) is 0 Å². The Morgan fingerprint density at radius 2 is 2.00 bits per heavy atom. The summed E-state index contributed by atoms with van der Waals surface area (Å²) in [5, 5.41) is 3.80. The van der Waals surface area contributed by atoms with Gasteiger partial charge in [-0.25, -0.2) is 23.7 Å². The van der Waals surface area contributed by atoms with Crippen molar-refractivity contribution < 1.29 is 8.78 Å². The van der Waals surface area contributed by atoms with Crippen LogP contribution in [-0.4, -0.2) is 41.5 Å². The molecule has 0 atom stereocenters. The molecule has 4 aromatic rings. The van der Waals surface area contributed by atoms with Gasteiger partial charge in [-0.05, 0) is 32.9 Å². The Labute approximate surface area is 165 Å². The molecule has 0 saturated heterocycles. The standard InChI is InChI=1S/C20H21F2N7/c1-10(2)29-11(3)25-16-5-4-15(27-18(16)29)13-8-23-17-14(13)9-24-19(28-17)26-12-6-20(21,22)7-12/h4-5,8-10,12H,6-7H2,1-3H3,(H2,23,24,26,28). The molecule has 29 heavy (non-hydrogen) atoms. The average Bonchev–Trinajstić information content (AvgIpc) is 3.19. The lowest BCUT2D eigenvalue weighted by Crippen LogP contribution is -2.44. The molecule has 1 fully saturated rings. The fourth-order valence-electron chi connectivity index (χ4n) is 3.99. The van der Waals surface area contributed by atoms with Crippen LogP contribution in [0.15, 0.2) is 24.5 Å². The van der Waals surface area contributed by atoms with Gasteiger partial charge in [-0.3, -0.25) is 0 Å². The Balaban J connectivity index is 1.50. The van der Waals surface area contributed by atoms with Crippen LogP contribution in [0.5, 0.6) is 0 Å². The monoisotopic (exact) mass is 397 g/mol. The van der Waals surface area contributed by atoms with Crippen LogP contribution in [0.1, 0.15) is 38.6 Å². The number of hydrogen-bond acceptors (Lipinski definition) is 5. The summed E-state index contributed by atoms with van der Waals surface area (Å²) in [6.45, 7) is 6.19. The van der Waals surface area contributed by atoms with Crippen molar-refractivity contribution in [3.8, 4) is 11.3 Å². The zero-order valence-electron chi connectivity index (χ0n) is 16.4. The summed E-state index contributed by atoms with van der Waals surface area (Å²) in [6.07, 6.45) is 3.18. The normalized spacial score (nSPS) is 16.6. The Morgan fingerprint density at radius 3 is 2.72 bits per heavy atom. The number of H-pyrrole nitrogens is 1. The zero-order chi connectivity index (χ0) is 20.3. The number of aromatic nitrogens is 6. The quantitative estimate of drug-likeness (QED) is 0.531. The maximum atomic E-state index is 13.0. The topological polar surface area (TPSA) is 84.3 Å². The van der Waals surface area contributed by atoms with Crippen molar-refractivity contribution in [1.82, 2.24) is 29.5 Å². The lowest BCUT2D eigenvalue weighted by Gasteiger charge is -2.35. The van der Waals surface area contributed by atoms with Gasteiger partial charge in [-0.1, -0.05) is 0 Å². The molecule has 9 heteroatoms. The summed E-state index contributed by atoms with van der Waals surface area (Å²) in [4.78, 5) is 21.3. The first-order valence-electron chi connectivity index (χ1n) is 9.65. The molecule has 0 amide bonds. The van der Waals surface area contributed by atoms with E-state index in [-0.39, 0.29) is 24.9 Å². The van der Waals surface area contributed by atoms with Crippen LogP contribution < -0.4 is 5.32 Å². The molecule has 1 aliphatic carbocycles. The van der Waals surface area contributed by atoms with Crippen LogP contribution in [-0.2, 0) is 0 Å². The van der Waals surface area contributed by atoms with E-state index in [9.17, 15) is 8.78 Å². The van der Waals surface area contributed by atoms with E-state index in [1.807, 2.05) is 25.3 Å². The first kappa shape index (κ1) is 18.0. The van der Waals surface area contributed by atoms with Crippen LogP contribution in [0.4, 0.5) is 14.7 Å². The maximum absolute atomic E-state index is 13.0. The molecule has 1 aliphatic rings. The Morgan fingerprint density at radius 1 is 1.21 bits per heavy atom. The molecule has 2 N–H and O–H groups in total.